The maximum Gasteiger partial charge on any atom is 0.246 e. The molecule has 1 unspecified atom stereocenters. The first-order valence-electron chi connectivity index (χ1n) is 10.4. The van der Waals surface area contributed by atoms with Gasteiger partial charge in [0.1, 0.15) is 16.5 Å². The van der Waals surface area contributed by atoms with Crippen LogP contribution >= 0.6 is 11.3 Å². The Morgan fingerprint density at radius 2 is 2.09 bits per heavy atom. The second-order valence-electron chi connectivity index (χ2n) is 7.82. The fourth-order valence-electron chi connectivity index (χ4n) is 3.86. The van der Waals surface area contributed by atoms with Gasteiger partial charge in [0.25, 0.3) is 0 Å². The van der Waals surface area contributed by atoms with Crippen molar-refractivity contribution < 1.29 is 22.3 Å². The number of nitrogens with one attached hydrogen (secondary N) is 1. The van der Waals surface area contributed by atoms with Crippen LogP contribution in [0.5, 0.6) is 5.75 Å². The Kier molecular flexibility index (Phi) is 6.78. The van der Waals surface area contributed by atoms with Gasteiger partial charge in [0, 0.05) is 29.7 Å². The van der Waals surface area contributed by atoms with Crippen molar-refractivity contribution in [1.29, 1.82) is 0 Å². The summed E-state index contributed by atoms with van der Waals surface area (Å²) in [7, 11) is -2.69. The molecule has 1 atom stereocenters. The minimum Gasteiger partial charge on any atom is -0.495 e. The lowest BCUT2D eigenvalue weighted by molar-refractivity contribution is -0.120. The minimum absolute atomic E-state index is 0.0127. The van der Waals surface area contributed by atoms with Crippen molar-refractivity contribution in [3.8, 4) is 17.0 Å². The summed E-state index contributed by atoms with van der Waals surface area (Å²) in [4.78, 5) is 17.2. The summed E-state index contributed by atoms with van der Waals surface area (Å²) in [5.41, 5.74) is 2.35. The number of carbonyl (C=O) groups excluding carboxylic acids is 1. The van der Waals surface area contributed by atoms with Gasteiger partial charge in [-0.3, -0.25) is 4.79 Å². The molecule has 0 bridgehead atoms. The number of rotatable bonds is 6. The third-order valence-corrected chi connectivity index (χ3v) is 8.20. The van der Waals surface area contributed by atoms with E-state index in [1.165, 1.54) is 17.5 Å². The first kappa shape index (κ1) is 23.3. The van der Waals surface area contributed by atoms with Gasteiger partial charge in [-0.2, -0.15) is 4.31 Å². The van der Waals surface area contributed by atoms with E-state index < -0.39 is 21.8 Å². The van der Waals surface area contributed by atoms with Crippen LogP contribution in [-0.4, -0.2) is 43.8 Å². The lowest BCUT2D eigenvalue weighted by Crippen LogP contribution is -2.43. The highest BCUT2D eigenvalue weighted by molar-refractivity contribution is 7.89. The van der Waals surface area contributed by atoms with E-state index in [4.69, 9.17) is 4.74 Å². The number of sulfonamides is 1. The molecule has 0 aliphatic carbocycles. The Morgan fingerprint density at radius 1 is 1.27 bits per heavy atom. The molecule has 1 aromatic heterocycles. The summed E-state index contributed by atoms with van der Waals surface area (Å²) >= 11 is 1.55. The van der Waals surface area contributed by atoms with Gasteiger partial charge in [-0.15, -0.1) is 11.3 Å². The number of amides is 1. The number of ether oxygens (including phenoxy) is 1. The molecule has 1 fully saturated rings. The molecule has 1 aliphatic rings. The Bertz CT molecular complexity index is 1280. The van der Waals surface area contributed by atoms with Gasteiger partial charge in [-0.05, 0) is 50.1 Å². The first-order valence-corrected chi connectivity index (χ1v) is 12.8. The molecule has 1 aliphatic heterocycles. The van der Waals surface area contributed by atoms with Gasteiger partial charge in [0.2, 0.25) is 15.9 Å². The van der Waals surface area contributed by atoms with Crippen LogP contribution < -0.4 is 10.1 Å². The summed E-state index contributed by atoms with van der Waals surface area (Å²) in [6.07, 6.45) is 1.08. The minimum atomic E-state index is -4.03. The lowest BCUT2D eigenvalue weighted by atomic mass is 9.98. The first-order chi connectivity index (χ1) is 15.8. The van der Waals surface area contributed by atoms with Gasteiger partial charge < -0.3 is 10.1 Å². The number of carbonyl (C=O) groups is 1. The molecule has 3 aromatic rings. The monoisotopic (exact) mass is 489 g/mol. The molecule has 0 radical (unpaired) electrons. The van der Waals surface area contributed by atoms with Crippen LogP contribution in [-0.2, 0) is 14.8 Å². The molecule has 1 amide bonds. The highest BCUT2D eigenvalue weighted by Crippen LogP contribution is 2.31. The Balaban J connectivity index is 1.50. The number of nitrogens with zero attached hydrogens (tertiary/aromatic N) is 2. The summed E-state index contributed by atoms with van der Waals surface area (Å²) in [5, 5.41) is 5.82. The standard InChI is InChI=1S/C23H24FN3O4S2/c1-15-25-20(14-32-15)16-5-3-7-19(11-16)26-23(28)17-6-4-10-27(13-17)33(29,30)22-12-18(24)8-9-21(22)31-2/h3,5,7-9,11-12,14,17H,4,6,10,13H2,1-2H3,(H,26,28). The fourth-order valence-corrected chi connectivity index (χ4v) is 6.18. The van der Waals surface area contributed by atoms with Crippen molar-refractivity contribution in [3.63, 3.8) is 0 Å². The van der Waals surface area contributed by atoms with Crippen LogP contribution in [0.25, 0.3) is 11.3 Å². The average molecular weight is 490 g/mol. The normalized spacial score (nSPS) is 17.0. The second-order valence-corrected chi connectivity index (χ2v) is 10.8. The summed E-state index contributed by atoms with van der Waals surface area (Å²) < 4.78 is 46.5. The van der Waals surface area contributed by atoms with Crippen LogP contribution in [0.3, 0.4) is 0 Å². The van der Waals surface area contributed by atoms with Crippen molar-refractivity contribution in [1.82, 2.24) is 9.29 Å². The zero-order valence-corrected chi connectivity index (χ0v) is 19.9. The molecule has 2 aromatic carbocycles. The molecule has 1 saturated heterocycles. The number of benzene rings is 2. The number of hydrogen-bond donors (Lipinski definition) is 1. The summed E-state index contributed by atoms with van der Waals surface area (Å²) in [6.45, 7) is 2.20. The van der Waals surface area contributed by atoms with Crippen LogP contribution in [0.2, 0.25) is 0 Å². The molecule has 33 heavy (non-hydrogen) atoms. The van der Waals surface area contributed by atoms with E-state index in [1.54, 1.807) is 17.4 Å². The number of aromatic nitrogens is 1. The second kappa shape index (κ2) is 9.58. The van der Waals surface area contributed by atoms with E-state index >= 15 is 0 Å². The van der Waals surface area contributed by atoms with Gasteiger partial charge in [0.05, 0.1) is 23.7 Å². The van der Waals surface area contributed by atoms with Crippen molar-refractivity contribution >= 4 is 33.0 Å². The Hall–Kier alpha value is -2.82. The Morgan fingerprint density at radius 3 is 2.82 bits per heavy atom. The van der Waals surface area contributed by atoms with Crippen molar-refractivity contribution in [2.45, 2.75) is 24.7 Å². The molecule has 0 saturated carbocycles. The Labute approximate surface area is 196 Å². The summed E-state index contributed by atoms with van der Waals surface area (Å²) in [5.74, 6) is -1.39. The molecular formula is C23H24FN3O4S2. The number of hydrogen-bond acceptors (Lipinski definition) is 6. The highest BCUT2D eigenvalue weighted by atomic mass is 32.2. The average Bonchev–Trinajstić information content (AvgIpc) is 3.25. The molecule has 174 valence electrons. The number of thiazole rings is 1. The number of aryl methyl sites for hydroxylation is 1. The molecular weight excluding hydrogens is 465 g/mol. The van der Waals surface area contributed by atoms with Crippen molar-refractivity contribution in [3.05, 3.63) is 58.7 Å². The van der Waals surface area contributed by atoms with Gasteiger partial charge in [0.15, 0.2) is 0 Å². The van der Waals surface area contributed by atoms with Crippen LogP contribution in [0.1, 0.15) is 17.8 Å². The van der Waals surface area contributed by atoms with E-state index in [1.807, 2.05) is 30.5 Å². The van der Waals surface area contributed by atoms with Crippen LogP contribution in [0, 0.1) is 18.7 Å². The van der Waals surface area contributed by atoms with Gasteiger partial charge in [-0.1, -0.05) is 12.1 Å². The smallest absolute Gasteiger partial charge is 0.246 e. The SMILES string of the molecule is COc1ccc(F)cc1S(=O)(=O)N1CCCC(C(=O)Nc2cccc(-c3csc(C)n3)c2)C1. The molecule has 7 nitrogen and oxygen atoms in total. The number of anilines is 1. The van der Waals surface area contributed by atoms with Gasteiger partial charge in [-0.25, -0.2) is 17.8 Å². The third kappa shape index (κ3) is 5.07. The number of methoxy groups -OCH3 is 1. The van der Waals surface area contributed by atoms with E-state index in [0.29, 0.717) is 18.5 Å². The maximum atomic E-state index is 13.8. The molecule has 1 N–H and O–H groups in total. The van der Waals surface area contributed by atoms with Crippen LogP contribution in [0.15, 0.2) is 52.7 Å². The molecule has 10 heteroatoms. The van der Waals surface area contributed by atoms with Crippen molar-refractivity contribution in [2.75, 3.05) is 25.5 Å². The maximum absolute atomic E-state index is 13.8. The molecule has 2 heterocycles. The third-order valence-electron chi connectivity index (χ3n) is 5.54. The zero-order valence-electron chi connectivity index (χ0n) is 18.2. The quantitative estimate of drug-likeness (QED) is 0.558. The van der Waals surface area contributed by atoms with Gasteiger partial charge >= 0.3 is 0 Å². The highest BCUT2D eigenvalue weighted by Gasteiger charge is 2.35. The predicted octanol–water partition coefficient (Wildman–Crippen LogP) is 4.31. The topological polar surface area (TPSA) is 88.6 Å². The summed E-state index contributed by atoms with van der Waals surface area (Å²) in [6, 6.07) is 10.8. The zero-order chi connectivity index (χ0) is 23.6. The number of halogens is 1. The number of piperidine rings is 1. The van der Waals surface area contributed by atoms with E-state index in [2.05, 4.69) is 10.3 Å². The molecule has 4 rings (SSSR count). The van der Waals surface area contributed by atoms with E-state index in [0.717, 1.165) is 28.4 Å². The van der Waals surface area contributed by atoms with E-state index in [9.17, 15) is 17.6 Å². The fraction of sp³-hybridized carbons (Fsp3) is 0.304. The largest absolute Gasteiger partial charge is 0.495 e. The van der Waals surface area contributed by atoms with E-state index in [-0.39, 0.29) is 29.6 Å². The van der Waals surface area contributed by atoms with Crippen LogP contribution in [0.4, 0.5) is 10.1 Å². The lowest BCUT2D eigenvalue weighted by Gasteiger charge is -2.31. The van der Waals surface area contributed by atoms with Crippen molar-refractivity contribution in [2.24, 2.45) is 5.92 Å². The molecule has 0 spiro atoms. The predicted molar refractivity (Wildman–Crippen MR) is 125 cm³/mol.